The SMILES string of the molecule is Cc1cnnc(C)c1[C@H](C)Oc1ccc2c(c1)c(I)nn2C1CCCCO1. The van der Waals surface area contributed by atoms with E-state index in [2.05, 4.69) is 44.9 Å². The first-order chi connectivity index (χ1) is 13.0. The van der Waals surface area contributed by atoms with E-state index in [0.29, 0.717) is 0 Å². The normalized spacial score (nSPS) is 18.6. The third kappa shape index (κ3) is 3.67. The molecule has 0 spiro atoms. The van der Waals surface area contributed by atoms with Gasteiger partial charge in [-0.3, -0.25) is 0 Å². The Morgan fingerprint density at radius 2 is 2.15 bits per heavy atom. The number of hydrogen-bond acceptors (Lipinski definition) is 5. The molecule has 0 bridgehead atoms. The van der Waals surface area contributed by atoms with E-state index in [1.165, 1.54) is 6.42 Å². The summed E-state index contributed by atoms with van der Waals surface area (Å²) >= 11 is 2.29. The maximum atomic E-state index is 6.24. The minimum absolute atomic E-state index is 0.0312. The standard InChI is InChI=1S/C20H23IN4O2/c1-12-11-22-23-13(2)19(12)14(3)27-15-7-8-17-16(10-15)20(21)24-25(17)18-6-4-5-9-26-18/h7-8,10-11,14,18H,4-6,9H2,1-3H3/t14-,18?/m0/s1. The fourth-order valence-electron chi connectivity index (χ4n) is 3.78. The van der Waals surface area contributed by atoms with E-state index < -0.39 is 0 Å². The van der Waals surface area contributed by atoms with Crippen LogP contribution in [-0.2, 0) is 4.74 Å². The van der Waals surface area contributed by atoms with Crippen molar-refractivity contribution in [2.45, 2.75) is 52.4 Å². The number of fused-ring (bicyclic) bond motifs is 1. The van der Waals surface area contributed by atoms with Crippen LogP contribution in [-0.4, -0.2) is 26.6 Å². The third-order valence-electron chi connectivity index (χ3n) is 5.05. The number of nitrogens with zero attached hydrogens (tertiary/aromatic N) is 4. The molecule has 0 saturated carbocycles. The van der Waals surface area contributed by atoms with Crippen LogP contribution in [0.15, 0.2) is 24.4 Å². The van der Waals surface area contributed by atoms with E-state index in [4.69, 9.17) is 14.6 Å². The van der Waals surface area contributed by atoms with E-state index in [1.54, 1.807) is 6.20 Å². The highest BCUT2D eigenvalue weighted by atomic mass is 127. The van der Waals surface area contributed by atoms with Gasteiger partial charge in [-0.25, -0.2) is 4.68 Å². The zero-order valence-electron chi connectivity index (χ0n) is 15.8. The first kappa shape index (κ1) is 18.6. The van der Waals surface area contributed by atoms with Gasteiger partial charge in [0, 0.05) is 17.6 Å². The van der Waals surface area contributed by atoms with Gasteiger partial charge in [-0.05, 0) is 86.4 Å². The van der Waals surface area contributed by atoms with Crippen LogP contribution in [0.3, 0.4) is 0 Å². The molecule has 0 radical (unpaired) electrons. The van der Waals surface area contributed by atoms with Gasteiger partial charge < -0.3 is 9.47 Å². The van der Waals surface area contributed by atoms with Crippen molar-refractivity contribution in [3.05, 3.63) is 44.9 Å². The summed E-state index contributed by atoms with van der Waals surface area (Å²) in [5.74, 6) is 0.827. The molecule has 1 saturated heterocycles. The number of ether oxygens (including phenoxy) is 2. The fourth-order valence-corrected chi connectivity index (χ4v) is 4.45. The van der Waals surface area contributed by atoms with E-state index in [1.807, 2.05) is 31.5 Å². The van der Waals surface area contributed by atoms with E-state index in [-0.39, 0.29) is 12.3 Å². The highest BCUT2D eigenvalue weighted by Crippen LogP contribution is 2.32. The summed E-state index contributed by atoms with van der Waals surface area (Å²) < 4.78 is 15.1. The van der Waals surface area contributed by atoms with Gasteiger partial charge in [-0.15, -0.1) is 0 Å². The summed E-state index contributed by atoms with van der Waals surface area (Å²) in [6, 6.07) is 6.16. The smallest absolute Gasteiger partial charge is 0.150 e. The molecule has 2 atom stereocenters. The molecule has 3 heterocycles. The monoisotopic (exact) mass is 478 g/mol. The summed E-state index contributed by atoms with van der Waals surface area (Å²) in [4.78, 5) is 0. The van der Waals surface area contributed by atoms with Crippen molar-refractivity contribution in [2.24, 2.45) is 0 Å². The molecule has 0 aliphatic carbocycles. The molecule has 27 heavy (non-hydrogen) atoms. The molecule has 0 N–H and O–H groups in total. The highest BCUT2D eigenvalue weighted by molar-refractivity contribution is 14.1. The second kappa shape index (κ2) is 7.71. The quantitative estimate of drug-likeness (QED) is 0.500. The molecule has 0 amide bonds. The van der Waals surface area contributed by atoms with Crippen LogP contribution in [0.5, 0.6) is 5.75 Å². The number of aromatic nitrogens is 4. The molecule has 1 aliphatic rings. The van der Waals surface area contributed by atoms with E-state index in [0.717, 1.165) is 56.6 Å². The Bertz CT molecular complexity index is 946. The Morgan fingerprint density at radius 1 is 1.30 bits per heavy atom. The van der Waals surface area contributed by atoms with Crippen molar-refractivity contribution in [3.8, 4) is 5.75 Å². The zero-order chi connectivity index (χ0) is 19.0. The lowest BCUT2D eigenvalue weighted by molar-refractivity contribution is -0.0368. The predicted octanol–water partition coefficient (Wildman–Crippen LogP) is 4.89. The van der Waals surface area contributed by atoms with Gasteiger partial charge in [0.15, 0.2) is 6.23 Å². The summed E-state index contributed by atoms with van der Waals surface area (Å²) in [6.45, 7) is 6.86. The molecule has 2 aromatic heterocycles. The minimum atomic E-state index is -0.104. The Balaban J connectivity index is 1.63. The van der Waals surface area contributed by atoms with Crippen LogP contribution >= 0.6 is 22.6 Å². The van der Waals surface area contributed by atoms with Crippen LogP contribution in [0.25, 0.3) is 10.9 Å². The maximum absolute atomic E-state index is 6.24. The first-order valence-electron chi connectivity index (χ1n) is 9.29. The number of benzene rings is 1. The van der Waals surface area contributed by atoms with Crippen LogP contribution < -0.4 is 4.74 Å². The minimum Gasteiger partial charge on any atom is -0.486 e. The number of rotatable bonds is 4. The molecule has 6 nitrogen and oxygen atoms in total. The lowest BCUT2D eigenvalue weighted by Gasteiger charge is -2.23. The summed E-state index contributed by atoms with van der Waals surface area (Å²) in [5.41, 5.74) is 4.17. The molecule has 3 aromatic rings. The third-order valence-corrected chi connectivity index (χ3v) is 5.85. The van der Waals surface area contributed by atoms with Gasteiger partial charge >= 0.3 is 0 Å². The second-order valence-electron chi connectivity index (χ2n) is 7.02. The summed E-state index contributed by atoms with van der Waals surface area (Å²) in [5, 5.41) is 14.0. The van der Waals surface area contributed by atoms with Crippen molar-refractivity contribution in [2.75, 3.05) is 6.61 Å². The van der Waals surface area contributed by atoms with Gasteiger partial charge in [-0.1, -0.05) is 0 Å². The Hall–Kier alpha value is -1.74. The molecular formula is C20H23IN4O2. The zero-order valence-corrected chi connectivity index (χ0v) is 17.9. The number of aryl methyl sites for hydroxylation is 2. The lowest BCUT2D eigenvalue weighted by atomic mass is 10.1. The van der Waals surface area contributed by atoms with Gasteiger partial charge in [0.2, 0.25) is 0 Å². The number of hydrogen-bond donors (Lipinski definition) is 0. The molecule has 4 rings (SSSR count). The predicted molar refractivity (Wildman–Crippen MR) is 112 cm³/mol. The van der Waals surface area contributed by atoms with Gasteiger partial charge in [0.1, 0.15) is 15.6 Å². The van der Waals surface area contributed by atoms with E-state index >= 15 is 0 Å². The molecule has 1 aromatic carbocycles. The topological polar surface area (TPSA) is 62.1 Å². The Labute approximate surface area is 172 Å². The molecule has 142 valence electrons. The fraction of sp³-hybridized carbons (Fsp3) is 0.450. The van der Waals surface area contributed by atoms with Crippen molar-refractivity contribution in [1.82, 2.24) is 20.0 Å². The first-order valence-corrected chi connectivity index (χ1v) is 10.4. The van der Waals surface area contributed by atoms with Crippen LogP contribution in [0, 0.1) is 17.5 Å². The average molecular weight is 478 g/mol. The van der Waals surface area contributed by atoms with Crippen molar-refractivity contribution < 1.29 is 9.47 Å². The molecule has 1 unspecified atom stereocenters. The highest BCUT2D eigenvalue weighted by Gasteiger charge is 2.21. The van der Waals surface area contributed by atoms with Gasteiger partial charge in [0.25, 0.3) is 0 Å². The molecule has 7 heteroatoms. The Kier molecular flexibility index (Phi) is 5.32. The molecule has 1 fully saturated rings. The summed E-state index contributed by atoms with van der Waals surface area (Å²) in [6.07, 6.45) is 5.03. The maximum Gasteiger partial charge on any atom is 0.150 e. The lowest BCUT2D eigenvalue weighted by Crippen LogP contribution is -2.19. The van der Waals surface area contributed by atoms with Crippen molar-refractivity contribution in [1.29, 1.82) is 0 Å². The van der Waals surface area contributed by atoms with Crippen molar-refractivity contribution >= 4 is 33.5 Å². The average Bonchev–Trinajstić information content (AvgIpc) is 2.99. The largest absolute Gasteiger partial charge is 0.486 e. The molecule has 1 aliphatic heterocycles. The number of halogens is 1. The molecular weight excluding hydrogens is 455 g/mol. The van der Waals surface area contributed by atoms with Crippen molar-refractivity contribution in [3.63, 3.8) is 0 Å². The van der Waals surface area contributed by atoms with Crippen LogP contribution in [0.2, 0.25) is 0 Å². The Morgan fingerprint density at radius 3 is 2.89 bits per heavy atom. The van der Waals surface area contributed by atoms with Crippen LogP contribution in [0.4, 0.5) is 0 Å². The van der Waals surface area contributed by atoms with Gasteiger partial charge in [0.05, 0.1) is 17.4 Å². The van der Waals surface area contributed by atoms with Crippen LogP contribution in [0.1, 0.15) is 55.3 Å². The van der Waals surface area contributed by atoms with E-state index in [9.17, 15) is 0 Å². The van der Waals surface area contributed by atoms with Gasteiger partial charge in [-0.2, -0.15) is 15.3 Å². The summed E-state index contributed by atoms with van der Waals surface area (Å²) in [7, 11) is 0. The second-order valence-corrected chi connectivity index (χ2v) is 8.04.